The molecule has 0 unspecified atom stereocenters. The van der Waals surface area contributed by atoms with E-state index in [-0.39, 0.29) is 5.91 Å². The Morgan fingerprint density at radius 3 is 2.80 bits per heavy atom. The minimum absolute atomic E-state index is 0.0774. The van der Waals surface area contributed by atoms with Crippen LogP contribution in [0.2, 0.25) is 0 Å². The zero-order valence-electron chi connectivity index (χ0n) is 12.2. The molecule has 0 N–H and O–H groups in total. The highest BCUT2D eigenvalue weighted by Gasteiger charge is 2.08. The highest BCUT2D eigenvalue weighted by Crippen LogP contribution is 2.23. The Balaban J connectivity index is 2.59. The number of thiazole rings is 1. The average Bonchev–Trinajstić information content (AvgIpc) is 2.77. The second-order valence-corrected chi connectivity index (χ2v) is 5.47. The third kappa shape index (κ3) is 3.10. The van der Waals surface area contributed by atoms with Crippen LogP contribution in [0.25, 0.3) is 10.2 Å². The lowest BCUT2D eigenvalue weighted by atomic mass is 10.3. The largest absolute Gasteiger partial charge is 0.494 e. The minimum atomic E-state index is -0.0774. The summed E-state index contributed by atoms with van der Waals surface area (Å²) in [5.41, 5.74) is 1.11. The van der Waals surface area contributed by atoms with Crippen LogP contribution < -0.4 is 9.54 Å². The number of hydrogen-bond donors (Lipinski definition) is 0. The average molecular weight is 292 g/mol. The molecule has 0 saturated carbocycles. The Morgan fingerprint density at radius 2 is 2.15 bits per heavy atom. The number of nitrogens with zero attached hydrogens (tertiary/aromatic N) is 2. The number of amides is 1. The van der Waals surface area contributed by atoms with Gasteiger partial charge >= 0.3 is 0 Å². The van der Waals surface area contributed by atoms with Gasteiger partial charge in [-0.25, -0.2) is 0 Å². The molecule has 1 aromatic heterocycles. The Hall–Kier alpha value is -1.62. The number of hydrogen-bond acceptors (Lipinski definition) is 3. The molecular weight excluding hydrogens is 272 g/mol. The first-order valence-electron chi connectivity index (χ1n) is 7.03. The summed E-state index contributed by atoms with van der Waals surface area (Å²) in [7, 11) is 0. The van der Waals surface area contributed by atoms with Gasteiger partial charge in [0.1, 0.15) is 5.75 Å². The van der Waals surface area contributed by atoms with Crippen LogP contribution in [-0.2, 0) is 11.3 Å². The summed E-state index contributed by atoms with van der Waals surface area (Å²) in [5, 5.41) is 0. The molecule has 0 saturated heterocycles. The molecule has 0 aliphatic rings. The molecule has 1 amide bonds. The van der Waals surface area contributed by atoms with Crippen LogP contribution in [0.3, 0.4) is 0 Å². The highest BCUT2D eigenvalue weighted by molar-refractivity contribution is 7.16. The van der Waals surface area contributed by atoms with Crippen molar-refractivity contribution in [3.8, 4) is 5.75 Å². The van der Waals surface area contributed by atoms with E-state index in [0.717, 1.165) is 33.7 Å². The van der Waals surface area contributed by atoms with Crippen molar-refractivity contribution in [2.45, 2.75) is 40.2 Å². The Kier molecular flexibility index (Phi) is 4.95. The molecule has 0 spiro atoms. The Labute approximate surface area is 122 Å². The molecule has 0 aliphatic carbocycles. The van der Waals surface area contributed by atoms with E-state index in [9.17, 15) is 4.79 Å². The molecule has 0 aliphatic heterocycles. The van der Waals surface area contributed by atoms with Crippen molar-refractivity contribution in [2.24, 2.45) is 4.99 Å². The van der Waals surface area contributed by atoms with Gasteiger partial charge in [0.25, 0.3) is 0 Å². The van der Waals surface area contributed by atoms with Gasteiger partial charge in [0.05, 0.1) is 16.8 Å². The van der Waals surface area contributed by atoms with E-state index < -0.39 is 0 Å². The van der Waals surface area contributed by atoms with Crippen molar-refractivity contribution < 1.29 is 9.53 Å². The predicted octanol–water partition coefficient (Wildman–Crippen LogP) is 3.35. The molecule has 108 valence electrons. The van der Waals surface area contributed by atoms with Crippen molar-refractivity contribution in [3.05, 3.63) is 23.0 Å². The van der Waals surface area contributed by atoms with E-state index in [0.29, 0.717) is 13.0 Å². The zero-order valence-corrected chi connectivity index (χ0v) is 13.0. The van der Waals surface area contributed by atoms with Crippen molar-refractivity contribution in [2.75, 3.05) is 6.61 Å². The molecule has 0 atom stereocenters. The molecule has 1 aromatic carbocycles. The first-order valence-corrected chi connectivity index (χ1v) is 7.85. The number of carbonyl (C=O) groups is 1. The third-order valence-electron chi connectivity index (χ3n) is 2.94. The van der Waals surface area contributed by atoms with Gasteiger partial charge in [-0.3, -0.25) is 4.79 Å². The van der Waals surface area contributed by atoms with Crippen molar-refractivity contribution in [1.82, 2.24) is 4.57 Å². The van der Waals surface area contributed by atoms with Gasteiger partial charge in [0.2, 0.25) is 5.91 Å². The molecule has 4 nitrogen and oxygen atoms in total. The number of benzene rings is 1. The van der Waals surface area contributed by atoms with E-state index in [2.05, 4.69) is 16.5 Å². The predicted molar refractivity (Wildman–Crippen MR) is 82.1 cm³/mol. The van der Waals surface area contributed by atoms with Gasteiger partial charge in [0, 0.05) is 13.0 Å². The summed E-state index contributed by atoms with van der Waals surface area (Å²) < 4.78 is 8.74. The molecule has 0 bridgehead atoms. The van der Waals surface area contributed by atoms with E-state index in [1.165, 1.54) is 0 Å². The van der Waals surface area contributed by atoms with Gasteiger partial charge < -0.3 is 9.30 Å². The van der Waals surface area contributed by atoms with Gasteiger partial charge in [-0.2, -0.15) is 4.99 Å². The molecule has 20 heavy (non-hydrogen) atoms. The summed E-state index contributed by atoms with van der Waals surface area (Å²) in [6.07, 6.45) is 1.44. The van der Waals surface area contributed by atoms with E-state index >= 15 is 0 Å². The quantitative estimate of drug-likeness (QED) is 0.848. The van der Waals surface area contributed by atoms with Crippen LogP contribution in [-0.4, -0.2) is 17.1 Å². The Bertz CT molecular complexity index is 670. The number of rotatable bonds is 5. The second kappa shape index (κ2) is 6.70. The van der Waals surface area contributed by atoms with Gasteiger partial charge in [-0.1, -0.05) is 25.2 Å². The second-order valence-electron chi connectivity index (χ2n) is 4.46. The van der Waals surface area contributed by atoms with Crippen LogP contribution in [0.4, 0.5) is 0 Å². The number of fused-ring (bicyclic) bond motifs is 1. The topological polar surface area (TPSA) is 43.6 Å². The van der Waals surface area contributed by atoms with Crippen LogP contribution in [0.5, 0.6) is 5.75 Å². The van der Waals surface area contributed by atoms with Gasteiger partial charge in [0.15, 0.2) is 4.80 Å². The maximum atomic E-state index is 11.6. The first-order chi connectivity index (χ1) is 9.69. The zero-order chi connectivity index (χ0) is 14.5. The van der Waals surface area contributed by atoms with Crippen LogP contribution >= 0.6 is 11.3 Å². The molecule has 2 aromatic rings. The fourth-order valence-electron chi connectivity index (χ4n) is 2.02. The molecule has 1 heterocycles. The molecule has 0 fully saturated rings. The number of aromatic nitrogens is 1. The van der Waals surface area contributed by atoms with Crippen molar-refractivity contribution in [3.63, 3.8) is 0 Å². The molecular formula is C15H20N2O2S. The Morgan fingerprint density at radius 1 is 1.35 bits per heavy atom. The fourth-order valence-corrected chi connectivity index (χ4v) is 3.12. The van der Waals surface area contributed by atoms with Crippen LogP contribution in [0, 0.1) is 0 Å². The number of carbonyl (C=O) groups excluding carboxylic acids is 1. The fraction of sp³-hybridized carbons (Fsp3) is 0.467. The first kappa shape index (κ1) is 14.8. The standard InChI is InChI=1S/C15H20N2O2S/c1-4-9-17-12-8-7-11(19-6-3)10-13(12)20-15(17)16-14(18)5-2/h7-8,10H,4-6,9H2,1-3H3. The highest BCUT2D eigenvalue weighted by atomic mass is 32.1. The summed E-state index contributed by atoms with van der Waals surface area (Å²) in [6, 6.07) is 6.03. The summed E-state index contributed by atoms with van der Waals surface area (Å²) in [5.74, 6) is 0.782. The summed E-state index contributed by atoms with van der Waals surface area (Å²) in [6.45, 7) is 7.44. The number of ether oxygens (including phenoxy) is 1. The lowest BCUT2D eigenvalue weighted by molar-refractivity contribution is -0.117. The lowest BCUT2D eigenvalue weighted by Gasteiger charge is -2.04. The van der Waals surface area contributed by atoms with Crippen molar-refractivity contribution in [1.29, 1.82) is 0 Å². The molecule has 5 heteroatoms. The maximum absolute atomic E-state index is 11.6. The summed E-state index contributed by atoms with van der Waals surface area (Å²) >= 11 is 1.54. The third-order valence-corrected chi connectivity index (χ3v) is 3.98. The van der Waals surface area contributed by atoms with Crippen LogP contribution in [0.1, 0.15) is 33.6 Å². The van der Waals surface area contributed by atoms with Gasteiger partial charge in [-0.15, -0.1) is 0 Å². The van der Waals surface area contributed by atoms with Crippen molar-refractivity contribution >= 4 is 27.5 Å². The number of aryl methyl sites for hydroxylation is 1. The summed E-state index contributed by atoms with van der Waals surface area (Å²) in [4.78, 5) is 16.6. The van der Waals surface area contributed by atoms with E-state index in [4.69, 9.17) is 4.74 Å². The van der Waals surface area contributed by atoms with Crippen LogP contribution in [0.15, 0.2) is 23.2 Å². The molecule has 2 rings (SSSR count). The minimum Gasteiger partial charge on any atom is -0.494 e. The van der Waals surface area contributed by atoms with E-state index in [1.54, 1.807) is 11.3 Å². The normalized spacial score (nSPS) is 12.1. The molecule has 0 radical (unpaired) electrons. The monoisotopic (exact) mass is 292 g/mol. The maximum Gasteiger partial charge on any atom is 0.248 e. The SMILES string of the molecule is CCCn1c(=NC(=O)CC)sc2cc(OCC)ccc21. The van der Waals surface area contributed by atoms with E-state index in [1.807, 2.05) is 32.0 Å². The smallest absolute Gasteiger partial charge is 0.248 e. The lowest BCUT2D eigenvalue weighted by Crippen LogP contribution is -2.16. The van der Waals surface area contributed by atoms with Gasteiger partial charge in [-0.05, 0) is 31.5 Å².